The molecule has 0 atom stereocenters. The van der Waals surface area contributed by atoms with Crippen LogP contribution in [0.15, 0.2) is 12.3 Å². The lowest BCUT2D eigenvalue weighted by atomic mass is 9.90. The third kappa shape index (κ3) is 2.32. The van der Waals surface area contributed by atoms with Gasteiger partial charge in [0.2, 0.25) is 5.65 Å². The van der Waals surface area contributed by atoms with Crippen molar-refractivity contribution in [2.45, 2.75) is 40.0 Å². The summed E-state index contributed by atoms with van der Waals surface area (Å²) in [4.78, 5) is 0. The molecule has 2 rings (SSSR count). The summed E-state index contributed by atoms with van der Waals surface area (Å²) in [5.74, 6) is 0. The van der Waals surface area contributed by atoms with Gasteiger partial charge in [-0.3, -0.25) is 5.10 Å². The zero-order valence-electron chi connectivity index (χ0n) is 10.00. The summed E-state index contributed by atoms with van der Waals surface area (Å²) in [6, 6.07) is 1.94. The zero-order chi connectivity index (χ0) is 11.5. The van der Waals surface area contributed by atoms with Gasteiger partial charge in [0.1, 0.15) is 0 Å². The number of nitrogens with one attached hydrogen (secondary N) is 1. The highest BCUT2D eigenvalue weighted by Crippen LogP contribution is 2.25. The first-order valence-electron chi connectivity index (χ1n) is 5.25. The summed E-state index contributed by atoms with van der Waals surface area (Å²) >= 11 is 0. The van der Waals surface area contributed by atoms with E-state index in [-0.39, 0.29) is 5.41 Å². The van der Waals surface area contributed by atoms with Gasteiger partial charge >= 0.3 is 0 Å². The number of aromatic amines is 1. The van der Waals surface area contributed by atoms with Crippen molar-refractivity contribution in [3.63, 3.8) is 0 Å². The smallest absolute Gasteiger partial charge is 0.203 e. The van der Waals surface area contributed by atoms with Crippen LogP contribution < -0.4 is 0 Å². The molecule has 0 bridgehead atoms. The first kappa shape index (κ1) is 11.6. The molecular formula is C11H18N4. The number of H-pyrrole nitrogens is 1. The Morgan fingerprint density at radius 1 is 1.20 bits per heavy atom. The van der Waals surface area contributed by atoms with Crippen molar-refractivity contribution in [3.05, 3.63) is 18.0 Å². The van der Waals surface area contributed by atoms with Gasteiger partial charge in [-0.25, -0.2) is 0 Å². The van der Waals surface area contributed by atoms with E-state index in [2.05, 4.69) is 41.2 Å². The topological polar surface area (TPSA) is 54.5 Å². The lowest BCUT2D eigenvalue weighted by Crippen LogP contribution is -2.11. The van der Waals surface area contributed by atoms with Gasteiger partial charge in [-0.1, -0.05) is 34.6 Å². The summed E-state index contributed by atoms with van der Waals surface area (Å²) in [5, 5.41) is 15.8. The van der Waals surface area contributed by atoms with Gasteiger partial charge in [0.25, 0.3) is 0 Å². The van der Waals surface area contributed by atoms with Gasteiger partial charge in [0, 0.05) is 10.8 Å². The van der Waals surface area contributed by atoms with Crippen molar-refractivity contribution in [2.24, 2.45) is 0 Å². The molecule has 0 spiro atoms. The van der Waals surface area contributed by atoms with E-state index in [1.807, 2.05) is 19.9 Å². The molecule has 0 saturated carbocycles. The summed E-state index contributed by atoms with van der Waals surface area (Å²) < 4.78 is 0. The molecule has 0 aliphatic rings. The molecule has 0 saturated heterocycles. The number of aromatic nitrogens is 4. The molecule has 4 nitrogen and oxygen atoms in total. The second-order valence-corrected chi connectivity index (χ2v) is 4.12. The molecule has 0 fully saturated rings. The fraction of sp³-hybridized carbons (Fsp3) is 0.545. The van der Waals surface area contributed by atoms with Gasteiger partial charge in [-0.15, -0.1) is 5.10 Å². The van der Waals surface area contributed by atoms with E-state index in [1.54, 1.807) is 6.20 Å². The van der Waals surface area contributed by atoms with Gasteiger partial charge in [-0.05, 0) is 6.07 Å². The molecule has 82 valence electrons. The molecule has 0 amide bonds. The molecule has 15 heavy (non-hydrogen) atoms. The second-order valence-electron chi connectivity index (χ2n) is 4.12. The lowest BCUT2D eigenvalue weighted by Gasteiger charge is -2.15. The standard InChI is InChI=1S/C9H12N4.C2H6/c1-9(2,3)7-6-4-5-10-12-8(6)13-11-7;1-2/h4-5H,1-3H3,(H,11,12,13);1-2H3. The first-order chi connectivity index (χ1) is 7.09. The van der Waals surface area contributed by atoms with E-state index in [1.165, 1.54) is 0 Å². The second kappa shape index (κ2) is 4.38. The van der Waals surface area contributed by atoms with Crippen LogP contribution in [0.1, 0.15) is 40.3 Å². The average molecular weight is 206 g/mol. The van der Waals surface area contributed by atoms with Crippen molar-refractivity contribution in [3.8, 4) is 0 Å². The molecule has 2 aromatic rings. The zero-order valence-corrected chi connectivity index (χ0v) is 10.00. The Bertz CT molecular complexity index is 425. The monoisotopic (exact) mass is 206 g/mol. The van der Waals surface area contributed by atoms with Crippen molar-refractivity contribution >= 4 is 11.0 Å². The SMILES string of the molecule is CC.CC(C)(C)c1[nH]nc2nnccc12. The van der Waals surface area contributed by atoms with Crippen molar-refractivity contribution in [2.75, 3.05) is 0 Å². The average Bonchev–Trinajstić information content (AvgIpc) is 2.63. The quantitative estimate of drug-likeness (QED) is 0.721. The Morgan fingerprint density at radius 2 is 1.87 bits per heavy atom. The minimum Gasteiger partial charge on any atom is -0.279 e. The fourth-order valence-corrected chi connectivity index (χ4v) is 1.34. The number of hydrogen-bond donors (Lipinski definition) is 1. The van der Waals surface area contributed by atoms with E-state index in [0.29, 0.717) is 5.65 Å². The molecule has 2 heterocycles. The molecule has 0 aliphatic carbocycles. The van der Waals surface area contributed by atoms with E-state index in [0.717, 1.165) is 11.1 Å². The molecule has 0 aliphatic heterocycles. The predicted molar refractivity (Wildman–Crippen MR) is 61.7 cm³/mol. The maximum absolute atomic E-state index is 4.09. The van der Waals surface area contributed by atoms with Crippen LogP contribution in [-0.2, 0) is 5.41 Å². The highest BCUT2D eigenvalue weighted by molar-refractivity contribution is 5.77. The molecule has 4 heteroatoms. The highest BCUT2D eigenvalue weighted by Gasteiger charge is 2.19. The third-order valence-corrected chi connectivity index (χ3v) is 1.99. The van der Waals surface area contributed by atoms with Gasteiger partial charge in [-0.2, -0.15) is 10.2 Å². The van der Waals surface area contributed by atoms with E-state index in [4.69, 9.17) is 0 Å². The van der Waals surface area contributed by atoms with Crippen molar-refractivity contribution in [1.82, 2.24) is 20.4 Å². The maximum atomic E-state index is 4.09. The van der Waals surface area contributed by atoms with Gasteiger partial charge < -0.3 is 0 Å². The van der Waals surface area contributed by atoms with Crippen molar-refractivity contribution in [1.29, 1.82) is 0 Å². The largest absolute Gasteiger partial charge is 0.279 e. The van der Waals surface area contributed by atoms with Crippen LogP contribution in [0.3, 0.4) is 0 Å². The summed E-state index contributed by atoms with van der Waals surface area (Å²) in [6.45, 7) is 10.4. The highest BCUT2D eigenvalue weighted by atomic mass is 15.2. The molecule has 2 aromatic heterocycles. The van der Waals surface area contributed by atoms with E-state index < -0.39 is 0 Å². The Morgan fingerprint density at radius 3 is 2.47 bits per heavy atom. The summed E-state index contributed by atoms with van der Waals surface area (Å²) in [7, 11) is 0. The Hall–Kier alpha value is -1.45. The minimum absolute atomic E-state index is 0.0672. The molecule has 1 N–H and O–H groups in total. The van der Waals surface area contributed by atoms with Crippen LogP contribution in [0.5, 0.6) is 0 Å². The molecular weight excluding hydrogens is 188 g/mol. The molecule has 0 radical (unpaired) electrons. The van der Waals surface area contributed by atoms with Gasteiger partial charge in [0.15, 0.2) is 0 Å². The van der Waals surface area contributed by atoms with Crippen LogP contribution in [0.4, 0.5) is 0 Å². The molecule has 0 aromatic carbocycles. The fourth-order valence-electron chi connectivity index (χ4n) is 1.34. The van der Waals surface area contributed by atoms with Crippen molar-refractivity contribution < 1.29 is 0 Å². The van der Waals surface area contributed by atoms with Crippen LogP contribution in [-0.4, -0.2) is 20.4 Å². The Kier molecular flexibility index (Phi) is 3.39. The lowest BCUT2D eigenvalue weighted by molar-refractivity contribution is 0.571. The summed E-state index contributed by atoms with van der Waals surface area (Å²) in [6.07, 6.45) is 1.69. The minimum atomic E-state index is 0.0672. The Balaban J connectivity index is 0.000000531. The van der Waals surface area contributed by atoms with Crippen LogP contribution in [0, 0.1) is 0 Å². The number of fused-ring (bicyclic) bond motifs is 1. The maximum Gasteiger partial charge on any atom is 0.203 e. The van der Waals surface area contributed by atoms with Gasteiger partial charge in [0.05, 0.1) is 11.9 Å². The van der Waals surface area contributed by atoms with Crippen LogP contribution in [0.25, 0.3) is 11.0 Å². The summed E-state index contributed by atoms with van der Waals surface area (Å²) in [5.41, 5.74) is 1.86. The third-order valence-electron chi connectivity index (χ3n) is 1.99. The first-order valence-corrected chi connectivity index (χ1v) is 5.25. The van der Waals surface area contributed by atoms with Crippen LogP contribution >= 0.6 is 0 Å². The predicted octanol–water partition coefficient (Wildman–Crippen LogP) is 2.68. The Labute approximate surface area is 90.1 Å². The van der Waals surface area contributed by atoms with E-state index >= 15 is 0 Å². The number of rotatable bonds is 0. The van der Waals surface area contributed by atoms with Crippen LogP contribution in [0.2, 0.25) is 0 Å². The number of hydrogen-bond acceptors (Lipinski definition) is 3. The normalized spacial score (nSPS) is 11.0. The van der Waals surface area contributed by atoms with E-state index in [9.17, 15) is 0 Å². The molecule has 0 unspecified atom stereocenters. The number of nitrogens with zero attached hydrogens (tertiary/aromatic N) is 3.